The van der Waals surface area contributed by atoms with Crippen molar-refractivity contribution in [1.82, 2.24) is 4.90 Å². The Kier molecular flexibility index (Phi) is 3.90. The number of methoxy groups -OCH3 is 1. The zero-order valence-electron chi connectivity index (χ0n) is 7.96. The fraction of sp³-hybridized carbons (Fsp3) is 0.400. The zero-order chi connectivity index (χ0) is 9.68. The van der Waals surface area contributed by atoms with Gasteiger partial charge < -0.3 is 9.64 Å². The molecule has 3 heteroatoms. The highest BCUT2D eigenvalue weighted by Crippen LogP contribution is 2.17. The molecule has 0 saturated carbocycles. The first-order valence-corrected chi connectivity index (χ1v) is 4.58. The van der Waals surface area contributed by atoms with Crippen LogP contribution in [0, 0.1) is 0 Å². The molecule has 0 fully saturated rings. The van der Waals surface area contributed by atoms with Gasteiger partial charge in [0, 0.05) is 20.0 Å². The number of hydrogen-bond donors (Lipinski definition) is 0. The highest BCUT2D eigenvalue weighted by molar-refractivity contribution is 6.30. The molecule has 0 radical (unpaired) electrons. The number of rotatable bonds is 1. The van der Waals surface area contributed by atoms with Crippen molar-refractivity contribution in [2.75, 3.05) is 20.7 Å². The number of allylic oxidation sites excluding steroid dienone is 3. The molecule has 1 heterocycles. The van der Waals surface area contributed by atoms with Crippen LogP contribution >= 0.6 is 11.6 Å². The van der Waals surface area contributed by atoms with E-state index in [1.807, 2.05) is 31.5 Å². The largest absolute Gasteiger partial charge is 0.496 e. The second-order valence-electron chi connectivity index (χ2n) is 2.90. The molecular formula is C10H14ClNO. The lowest BCUT2D eigenvalue weighted by Gasteiger charge is -2.08. The Morgan fingerprint density at radius 2 is 2.23 bits per heavy atom. The molecule has 0 unspecified atom stereocenters. The van der Waals surface area contributed by atoms with E-state index in [1.54, 1.807) is 7.11 Å². The van der Waals surface area contributed by atoms with Gasteiger partial charge in [0.05, 0.1) is 12.1 Å². The maximum absolute atomic E-state index is 6.01. The third-order valence-corrected chi connectivity index (χ3v) is 2.15. The van der Waals surface area contributed by atoms with Crippen LogP contribution < -0.4 is 0 Å². The lowest BCUT2D eigenvalue weighted by Crippen LogP contribution is -2.09. The van der Waals surface area contributed by atoms with Crippen LogP contribution in [-0.2, 0) is 4.74 Å². The van der Waals surface area contributed by atoms with Gasteiger partial charge in [0.25, 0.3) is 0 Å². The minimum absolute atomic E-state index is 0.722. The van der Waals surface area contributed by atoms with E-state index in [-0.39, 0.29) is 0 Å². The Bertz CT molecular complexity index is 256. The van der Waals surface area contributed by atoms with Crippen molar-refractivity contribution < 1.29 is 4.74 Å². The molecule has 72 valence electrons. The zero-order valence-corrected chi connectivity index (χ0v) is 8.71. The van der Waals surface area contributed by atoms with Crippen molar-refractivity contribution in [3.05, 3.63) is 35.2 Å². The number of ether oxygens (including phenoxy) is 1. The molecule has 1 rings (SSSR count). The number of hydrogen-bond acceptors (Lipinski definition) is 2. The first-order chi connectivity index (χ1) is 6.24. The van der Waals surface area contributed by atoms with Crippen LogP contribution in [-0.4, -0.2) is 25.6 Å². The number of likely N-dealkylation sites (N-methyl/N-ethyl adjacent to an activating group) is 1. The molecule has 0 amide bonds. The summed E-state index contributed by atoms with van der Waals surface area (Å²) in [5.41, 5.74) is 0. The van der Waals surface area contributed by atoms with Crippen LogP contribution in [0.25, 0.3) is 0 Å². The summed E-state index contributed by atoms with van der Waals surface area (Å²) in [5.74, 6) is 0.751. The van der Waals surface area contributed by atoms with Crippen LogP contribution in [0.5, 0.6) is 0 Å². The molecule has 0 aromatic carbocycles. The molecule has 0 aromatic rings. The van der Waals surface area contributed by atoms with Gasteiger partial charge in [-0.05, 0) is 12.3 Å². The molecular weight excluding hydrogens is 186 g/mol. The van der Waals surface area contributed by atoms with Gasteiger partial charge in [0.2, 0.25) is 0 Å². The molecule has 0 bridgehead atoms. The fourth-order valence-corrected chi connectivity index (χ4v) is 1.32. The van der Waals surface area contributed by atoms with Crippen molar-refractivity contribution in [3.63, 3.8) is 0 Å². The molecule has 13 heavy (non-hydrogen) atoms. The lowest BCUT2D eigenvalue weighted by atomic mass is 10.3. The molecule has 0 aliphatic carbocycles. The van der Waals surface area contributed by atoms with Crippen molar-refractivity contribution in [2.45, 2.75) is 6.42 Å². The van der Waals surface area contributed by atoms with Gasteiger partial charge in [0.1, 0.15) is 5.76 Å². The molecule has 0 saturated heterocycles. The van der Waals surface area contributed by atoms with E-state index in [1.165, 1.54) is 0 Å². The van der Waals surface area contributed by atoms with Gasteiger partial charge in [-0.2, -0.15) is 0 Å². The third-order valence-electron chi connectivity index (χ3n) is 1.81. The molecule has 1 aliphatic rings. The smallest absolute Gasteiger partial charge is 0.133 e. The second-order valence-corrected chi connectivity index (χ2v) is 3.36. The highest BCUT2D eigenvalue weighted by atomic mass is 35.5. The minimum atomic E-state index is 0.722. The molecule has 0 atom stereocenters. The van der Waals surface area contributed by atoms with Crippen molar-refractivity contribution in [3.8, 4) is 0 Å². The van der Waals surface area contributed by atoms with Crippen LogP contribution in [0.2, 0.25) is 0 Å². The SMILES string of the molecule is COC1=C(\Cl)C/C=C\N(C)C/C=C\1. The van der Waals surface area contributed by atoms with Crippen molar-refractivity contribution in [2.24, 2.45) is 0 Å². The molecule has 2 nitrogen and oxygen atoms in total. The Morgan fingerprint density at radius 3 is 2.92 bits per heavy atom. The van der Waals surface area contributed by atoms with Crippen LogP contribution in [0.15, 0.2) is 35.2 Å². The lowest BCUT2D eigenvalue weighted by molar-refractivity contribution is 0.304. The summed E-state index contributed by atoms with van der Waals surface area (Å²) in [6, 6.07) is 0. The normalized spacial score (nSPS) is 28.7. The van der Waals surface area contributed by atoms with E-state index in [0.717, 1.165) is 23.8 Å². The Morgan fingerprint density at radius 1 is 1.46 bits per heavy atom. The van der Waals surface area contributed by atoms with E-state index >= 15 is 0 Å². The Balaban J connectivity index is 2.81. The van der Waals surface area contributed by atoms with Crippen molar-refractivity contribution >= 4 is 11.6 Å². The first-order valence-electron chi connectivity index (χ1n) is 4.20. The summed E-state index contributed by atoms with van der Waals surface area (Å²) in [6.45, 7) is 0.869. The van der Waals surface area contributed by atoms with E-state index < -0.39 is 0 Å². The predicted molar refractivity (Wildman–Crippen MR) is 55.4 cm³/mol. The summed E-state index contributed by atoms with van der Waals surface area (Å²) >= 11 is 6.01. The summed E-state index contributed by atoms with van der Waals surface area (Å²) < 4.78 is 5.14. The van der Waals surface area contributed by atoms with Gasteiger partial charge in [0.15, 0.2) is 0 Å². The number of nitrogens with zero attached hydrogens (tertiary/aromatic N) is 1. The average Bonchev–Trinajstić information content (AvgIpc) is 2.18. The maximum atomic E-state index is 6.01. The van der Waals surface area contributed by atoms with E-state index in [4.69, 9.17) is 16.3 Å². The third kappa shape index (κ3) is 3.15. The topological polar surface area (TPSA) is 12.5 Å². The predicted octanol–water partition coefficient (Wildman–Crippen LogP) is 2.49. The van der Waals surface area contributed by atoms with Gasteiger partial charge in [-0.1, -0.05) is 23.8 Å². The summed E-state index contributed by atoms with van der Waals surface area (Å²) in [7, 11) is 3.65. The quantitative estimate of drug-likeness (QED) is 0.644. The van der Waals surface area contributed by atoms with E-state index in [2.05, 4.69) is 4.90 Å². The van der Waals surface area contributed by atoms with E-state index in [9.17, 15) is 0 Å². The van der Waals surface area contributed by atoms with Crippen LogP contribution in [0.3, 0.4) is 0 Å². The van der Waals surface area contributed by atoms with Gasteiger partial charge >= 0.3 is 0 Å². The molecule has 0 spiro atoms. The molecule has 0 aromatic heterocycles. The van der Waals surface area contributed by atoms with Crippen LogP contribution in [0.4, 0.5) is 0 Å². The van der Waals surface area contributed by atoms with Gasteiger partial charge in [-0.25, -0.2) is 0 Å². The summed E-state index contributed by atoms with van der Waals surface area (Å²) in [5, 5.41) is 0.741. The maximum Gasteiger partial charge on any atom is 0.133 e. The first kappa shape index (κ1) is 10.2. The van der Waals surface area contributed by atoms with Gasteiger partial charge in [-0.3, -0.25) is 0 Å². The molecule has 0 N–H and O–H groups in total. The molecule has 1 aliphatic heterocycles. The monoisotopic (exact) mass is 199 g/mol. The summed E-state index contributed by atoms with van der Waals surface area (Å²) in [4.78, 5) is 2.08. The number of halogens is 1. The second kappa shape index (κ2) is 4.97. The van der Waals surface area contributed by atoms with Crippen LogP contribution in [0.1, 0.15) is 6.42 Å². The Labute approximate surface area is 84.1 Å². The standard InChI is InChI=1S/C10H14ClNO/c1-12-7-3-5-9(11)10(13-2)6-4-8-12/h3-4,6-7H,5,8H2,1-2H3/b6-4-,7-3-,10-9-. The minimum Gasteiger partial charge on any atom is -0.496 e. The van der Waals surface area contributed by atoms with Gasteiger partial charge in [-0.15, -0.1) is 0 Å². The average molecular weight is 200 g/mol. The van der Waals surface area contributed by atoms with E-state index in [0.29, 0.717) is 0 Å². The highest BCUT2D eigenvalue weighted by Gasteiger charge is 2.01. The fourth-order valence-electron chi connectivity index (χ4n) is 1.09. The summed E-state index contributed by atoms with van der Waals surface area (Å²) in [6.07, 6.45) is 8.70. The Hall–Kier alpha value is -0.890. The van der Waals surface area contributed by atoms with Crippen molar-refractivity contribution in [1.29, 1.82) is 0 Å².